The largest absolute Gasteiger partial charge is 0.350 e. The first-order valence-corrected chi connectivity index (χ1v) is 11.6. The van der Waals surface area contributed by atoms with Gasteiger partial charge in [-0.15, -0.1) is 0 Å². The third kappa shape index (κ3) is 3.57. The second-order valence-corrected chi connectivity index (χ2v) is 9.09. The van der Waals surface area contributed by atoms with Crippen LogP contribution >= 0.6 is 0 Å². The van der Waals surface area contributed by atoms with Gasteiger partial charge in [-0.1, -0.05) is 60.7 Å². The van der Waals surface area contributed by atoms with Gasteiger partial charge >= 0.3 is 0 Å². The molecule has 1 aromatic heterocycles. The summed E-state index contributed by atoms with van der Waals surface area (Å²) < 4.78 is 4.37. The highest BCUT2D eigenvalue weighted by molar-refractivity contribution is 5.84. The molecule has 0 saturated carbocycles. The Balaban J connectivity index is 1.29. The van der Waals surface area contributed by atoms with Crippen molar-refractivity contribution in [3.63, 3.8) is 0 Å². The van der Waals surface area contributed by atoms with Crippen molar-refractivity contribution in [1.29, 1.82) is 0 Å². The van der Waals surface area contributed by atoms with Crippen LogP contribution < -0.4 is 0 Å². The molecule has 4 heteroatoms. The highest BCUT2D eigenvalue weighted by Crippen LogP contribution is 2.29. The monoisotopic (exact) mass is 442 g/mol. The van der Waals surface area contributed by atoms with Crippen LogP contribution in [0.3, 0.4) is 0 Å². The molecule has 4 nitrogen and oxygen atoms in total. The van der Waals surface area contributed by atoms with Crippen LogP contribution in [-0.2, 0) is 13.6 Å². The second-order valence-electron chi connectivity index (χ2n) is 9.09. The molecule has 0 bridgehead atoms. The summed E-state index contributed by atoms with van der Waals surface area (Å²) in [6.07, 6.45) is 6.39. The SMILES string of the molecule is Cc1ccc(-c2ccc(-c3nc4ccn(Cc5cn(C)c6ccccc56)cc-4n3)cc2)cc1C. The minimum Gasteiger partial charge on any atom is -0.350 e. The van der Waals surface area contributed by atoms with Crippen LogP contribution in [0.4, 0.5) is 0 Å². The van der Waals surface area contributed by atoms with Crippen LogP contribution in [0.2, 0.25) is 0 Å². The predicted octanol–water partition coefficient (Wildman–Crippen LogP) is 6.87. The molecule has 2 aliphatic rings. The summed E-state index contributed by atoms with van der Waals surface area (Å²) in [4.78, 5) is 9.63. The molecule has 2 aliphatic heterocycles. The lowest BCUT2D eigenvalue weighted by Gasteiger charge is -2.07. The van der Waals surface area contributed by atoms with E-state index in [0.29, 0.717) is 0 Å². The summed E-state index contributed by atoms with van der Waals surface area (Å²) in [7, 11) is 2.10. The molecule has 0 atom stereocenters. The predicted molar refractivity (Wildman–Crippen MR) is 139 cm³/mol. The lowest BCUT2D eigenvalue weighted by Crippen LogP contribution is -2.00. The molecule has 3 heterocycles. The van der Waals surface area contributed by atoms with Gasteiger partial charge in [-0.2, -0.15) is 0 Å². The zero-order valence-corrected chi connectivity index (χ0v) is 19.7. The molecule has 0 fully saturated rings. The molecule has 4 aromatic rings. The molecule has 0 aliphatic carbocycles. The van der Waals surface area contributed by atoms with Gasteiger partial charge in [-0.25, -0.2) is 9.97 Å². The molecular weight excluding hydrogens is 416 g/mol. The Labute approximate surface area is 199 Å². The molecule has 0 unspecified atom stereocenters. The van der Waals surface area contributed by atoms with Crippen molar-refractivity contribution in [2.24, 2.45) is 7.05 Å². The summed E-state index contributed by atoms with van der Waals surface area (Å²) in [5.41, 5.74) is 10.5. The van der Waals surface area contributed by atoms with Gasteiger partial charge in [0.15, 0.2) is 5.82 Å². The number of aryl methyl sites for hydroxylation is 3. The van der Waals surface area contributed by atoms with Gasteiger partial charge < -0.3 is 9.13 Å². The van der Waals surface area contributed by atoms with Crippen molar-refractivity contribution in [2.75, 3.05) is 0 Å². The van der Waals surface area contributed by atoms with E-state index in [1.54, 1.807) is 0 Å². The van der Waals surface area contributed by atoms with E-state index in [1.165, 1.54) is 38.7 Å². The quantitative estimate of drug-likeness (QED) is 0.298. The van der Waals surface area contributed by atoms with Gasteiger partial charge in [0.1, 0.15) is 5.69 Å². The van der Waals surface area contributed by atoms with E-state index < -0.39 is 0 Å². The molecule has 0 N–H and O–H groups in total. The van der Waals surface area contributed by atoms with Crippen molar-refractivity contribution >= 4 is 10.9 Å². The molecule has 0 saturated heterocycles. The number of para-hydroxylation sites is 1. The van der Waals surface area contributed by atoms with Crippen LogP contribution in [0.25, 0.3) is 44.8 Å². The lowest BCUT2D eigenvalue weighted by atomic mass is 9.99. The zero-order chi connectivity index (χ0) is 23.2. The Bertz CT molecular complexity index is 1600. The van der Waals surface area contributed by atoms with E-state index in [9.17, 15) is 0 Å². The van der Waals surface area contributed by atoms with E-state index in [0.717, 1.165) is 29.3 Å². The van der Waals surface area contributed by atoms with Gasteiger partial charge in [-0.05, 0) is 53.8 Å². The van der Waals surface area contributed by atoms with E-state index >= 15 is 0 Å². The van der Waals surface area contributed by atoms with Gasteiger partial charge in [0.2, 0.25) is 0 Å². The maximum Gasteiger partial charge on any atom is 0.160 e. The fraction of sp³-hybridized carbons (Fsp3) is 0.133. The fourth-order valence-corrected chi connectivity index (χ4v) is 4.66. The van der Waals surface area contributed by atoms with Crippen LogP contribution in [-0.4, -0.2) is 19.1 Å². The first kappa shape index (κ1) is 20.4. The number of aromatic nitrogens is 4. The normalized spacial score (nSPS) is 11.5. The maximum absolute atomic E-state index is 4.84. The Morgan fingerprint density at radius 3 is 2.26 bits per heavy atom. The van der Waals surface area contributed by atoms with Crippen LogP contribution in [0.15, 0.2) is 91.4 Å². The van der Waals surface area contributed by atoms with Gasteiger partial charge in [0.05, 0.1) is 5.69 Å². The van der Waals surface area contributed by atoms with E-state index in [2.05, 4.69) is 121 Å². The number of hydrogen-bond donors (Lipinski definition) is 0. The maximum atomic E-state index is 4.84. The van der Waals surface area contributed by atoms with Crippen molar-refractivity contribution in [1.82, 2.24) is 19.1 Å². The number of hydrogen-bond acceptors (Lipinski definition) is 2. The zero-order valence-electron chi connectivity index (χ0n) is 19.7. The molecule has 34 heavy (non-hydrogen) atoms. The number of nitrogens with zero attached hydrogens (tertiary/aromatic N) is 4. The van der Waals surface area contributed by atoms with Gasteiger partial charge in [0, 0.05) is 48.6 Å². The Morgan fingerprint density at radius 1 is 0.706 bits per heavy atom. The Kier molecular flexibility index (Phi) is 4.80. The Morgan fingerprint density at radius 2 is 1.44 bits per heavy atom. The topological polar surface area (TPSA) is 35.6 Å². The van der Waals surface area contributed by atoms with E-state index in [-0.39, 0.29) is 0 Å². The van der Waals surface area contributed by atoms with Crippen molar-refractivity contribution in [2.45, 2.75) is 20.4 Å². The molecular formula is C30H26N4. The van der Waals surface area contributed by atoms with Crippen molar-refractivity contribution < 1.29 is 0 Å². The molecule has 0 amide bonds. The fourth-order valence-electron chi connectivity index (χ4n) is 4.66. The second kappa shape index (κ2) is 7.99. The summed E-state index contributed by atoms with van der Waals surface area (Å²) in [6, 6.07) is 25.7. The highest BCUT2D eigenvalue weighted by atomic mass is 15.0. The number of fused-ring (bicyclic) bond motifs is 2. The molecule has 6 rings (SSSR count). The number of rotatable bonds is 4. The third-order valence-electron chi connectivity index (χ3n) is 6.74. The highest BCUT2D eigenvalue weighted by Gasteiger charge is 2.14. The smallest absolute Gasteiger partial charge is 0.160 e. The average molecular weight is 443 g/mol. The first-order valence-electron chi connectivity index (χ1n) is 11.6. The minimum atomic E-state index is 0.768. The summed E-state index contributed by atoms with van der Waals surface area (Å²) >= 11 is 0. The minimum absolute atomic E-state index is 0.768. The van der Waals surface area contributed by atoms with Crippen molar-refractivity contribution in [3.8, 4) is 33.9 Å². The first-order chi connectivity index (χ1) is 16.5. The lowest BCUT2D eigenvalue weighted by molar-refractivity contribution is 0.789. The summed E-state index contributed by atoms with van der Waals surface area (Å²) in [6.45, 7) is 5.10. The van der Waals surface area contributed by atoms with Crippen LogP contribution in [0, 0.1) is 13.8 Å². The number of benzene rings is 3. The standard InChI is InChI=1S/C30H26N4/c1-20-8-9-24(16-21(20)2)22-10-12-23(13-11-22)30-31-27-14-15-34(19-28(27)32-30)18-25-17-33(3)29-7-5-4-6-26(25)29/h4-17,19H,18H2,1-3H3. The number of pyridine rings is 1. The van der Waals surface area contributed by atoms with Gasteiger partial charge in [-0.3, -0.25) is 0 Å². The molecule has 166 valence electrons. The molecule has 0 spiro atoms. The van der Waals surface area contributed by atoms with E-state index in [1.807, 2.05) is 0 Å². The van der Waals surface area contributed by atoms with Crippen LogP contribution in [0.1, 0.15) is 16.7 Å². The third-order valence-corrected chi connectivity index (χ3v) is 6.74. The molecule has 0 radical (unpaired) electrons. The summed E-state index contributed by atoms with van der Waals surface area (Å²) in [5.74, 6) is 0.768. The van der Waals surface area contributed by atoms with Gasteiger partial charge in [0.25, 0.3) is 0 Å². The van der Waals surface area contributed by atoms with E-state index in [4.69, 9.17) is 9.97 Å². The Hall–Kier alpha value is -4.18. The van der Waals surface area contributed by atoms with Crippen LogP contribution in [0.5, 0.6) is 0 Å². The van der Waals surface area contributed by atoms with Crippen molar-refractivity contribution in [3.05, 3.63) is 108 Å². The number of imidazole rings is 1. The summed E-state index contributed by atoms with van der Waals surface area (Å²) in [5, 5.41) is 1.29. The molecule has 3 aromatic carbocycles. The average Bonchev–Trinajstić information content (AvgIpc) is 3.42.